The van der Waals surface area contributed by atoms with Crippen LogP contribution in [0.4, 0.5) is 5.69 Å². The number of carboxylic acids is 1. The highest BCUT2D eigenvalue weighted by molar-refractivity contribution is 7.89. The third-order valence-corrected chi connectivity index (χ3v) is 4.61. The van der Waals surface area contributed by atoms with E-state index >= 15 is 0 Å². The molecular weight excluding hydrogens is 268 g/mol. The average Bonchev–Trinajstić information content (AvgIpc) is 2.37. The summed E-state index contributed by atoms with van der Waals surface area (Å²) in [6.45, 7) is 3.02. The second-order valence-corrected chi connectivity index (χ2v) is 6.45. The second kappa shape index (κ2) is 5.18. The normalized spacial score (nSPS) is 12.2. The van der Waals surface area contributed by atoms with Crippen LogP contribution in [-0.4, -0.2) is 39.1 Å². The molecule has 1 aromatic rings. The van der Waals surface area contributed by atoms with Gasteiger partial charge in [0, 0.05) is 7.05 Å². The van der Waals surface area contributed by atoms with Crippen molar-refractivity contribution in [2.24, 2.45) is 0 Å². The Morgan fingerprint density at radius 3 is 2.32 bits per heavy atom. The third-order valence-electron chi connectivity index (χ3n) is 3.15. The molecule has 6 nitrogen and oxygen atoms in total. The van der Waals surface area contributed by atoms with Crippen LogP contribution >= 0.6 is 0 Å². The molecule has 0 saturated carbocycles. The molecule has 7 heteroatoms. The summed E-state index contributed by atoms with van der Waals surface area (Å²) in [5.74, 6) is -1.04. The number of carboxylic acid groups (broad SMARTS) is 1. The third kappa shape index (κ3) is 2.87. The Morgan fingerprint density at radius 2 is 1.84 bits per heavy atom. The average molecular weight is 286 g/mol. The molecule has 0 atom stereocenters. The highest BCUT2D eigenvalue weighted by Crippen LogP contribution is 2.29. The fraction of sp³-hybridized carbons (Fsp3) is 0.417. The fourth-order valence-corrected chi connectivity index (χ4v) is 2.47. The number of likely N-dealkylation sites (N-methyl/N-ethyl adjacent to an activating group) is 1. The summed E-state index contributed by atoms with van der Waals surface area (Å²) in [7, 11) is -0.777. The van der Waals surface area contributed by atoms with Gasteiger partial charge in [0.2, 0.25) is 10.0 Å². The lowest BCUT2D eigenvalue weighted by molar-refractivity contribution is -0.142. The largest absolute Gasteiger partial charge is 0.480 e. The lowest BCUT2D eigenvalue weighted by Gasteiger charge is -2.34. The molecule has 0 spiro atoms. The number of sulfonamides is 1. The first-order valence-electron chi connectivity index (χ1n) is 5.64. The molecule has 0 radical (unpaired) electrons. The predicted molar refractivity (Wildman–Crippen MR) is 72.8 cm³/mol. The van der Waals surface area contributed by atoms with E-state index < -0.39 is 21.5 Å². The number of nitrogens with zero attached hydrogens (tertiary/aromatic N) is 1. The van der Waals surface area contributed by atoms with Crippen molar-refractivity contribution in [2.45, 2.75) is 24.3 Å². The monoisotopic (exact) mass is 286 g/mol. The van der Waals surface area contributed by atoms with Crippen LogP contribution in [-0.2, 0) is 14.8 Å². The molecule has 1 rings (SSSR count). The van der Waals surface area contributed by atoms with Crippen molar-refractivity contribution in [1.29, 1.82) is 0 Å². The van der Waals surface area contributed by atoms with Crippen LogP contribution in [0.5, 0.6) is 0 Å². The van der Waals surface area contributed by atoms with Crippen molar-refractivity contribution in [3.05, 3.63) is 24.3 Å². The van der Waals surface area contributed by atoms with Gasteiger partial charge in [-0.05, 0) is 33.0 Å². The maximum atomic E-state index is 11.9. The van der Waals surface area contributed by atoms with Gasteiger partial charge in [-0.3, -0.25) is 0 Å². The Hall–Kier alpha value is -1.60. The molecule has 0 saturated heterocycles. The minimum atomic E-state index is -3.64. The molecule has 0 aliphatic heterocycles. The molecule has 0 unspecified atom stereocenters. The molecule has 106 valence electrons. The van der Waals surface area contributed by atoms with Crippen LogP contribution in [0, 0.1) is 0 Å². The lowest BCUT2D eigenvalue weighted by Crippen LogP contribution is -2.48. The molecule has 0 heterocycles. The molecular formula is C12H18N2O4S. The quantitative estimate of drug-likeness (QED) is 0.839. The van der Waals surface area contributed by atoms with Crippen LogP contribution in [0.15, 0.2) is 29.2 Å². The van der Waals surface area contributed by atoms with Crippen LogP contribution in [0.1, 0.15) is 13.8 Å². The molecule has 0 amide bonds. The van der Waals surface area contributed by atoms with E-state index in [-0.39, 0.29) is 4.90 Å². The van der Waals surface area contributed by atoms with E-state index in [4.69, 9.17) is 0 Å². The molecule has 1 aromatic carbocycles. The highest BCUT2D eigenvalue weighted by atomic mass is 32.2. The van der Waals surface area contributed by atoms with E-state index in [2.05, 4.69) is 4.72 Å². The SMILES string of the molecule is CNS(=O)(=O)c1ccccc1N(C)C(C)(C)C(=O)O. The number of para-hydroxylation sites is 1. The van der Waals surface area contributed by atoms with E-state index in [0.717, 1.165) is 0 Å². The number of rotatable bonds is 5. The predicted octanol–water partition coefficient (Wildman–Crippen LogP) is 0.894. The Balaban J connectivity index is 3.42. The van der Waals surface area contributed by atoms with E-state index in [1.165, 1.54) is 31.9 Å². The zero-order chi connectivity index (χ0) is 14.8. The number of benzene rings is 1. The molecule has 0 aliphatic carbocycles. The summed E-state index contributed by atoms with van der Waals surface area (Å²) in [5.41, 5.74) is -0.886. The Labute approximate surface area is 113 Å². The fourth-order valence-electron chi connectivity index (χ4n) is 1.52. The standard InChI is InChI=1S/C12H18N2O4S/c1-12(2,11(15)16)14(4)9-7-5-6-8-10(9)19(17,18)13-3/h5-8,13H,1-4H3,(H,15,16). The van der Waals surface area contributed by atoms with Gasteiger partial charge >= 0.3 is 5.97 Å². The number of nitrogens with one attached hydrogen (secondary N) is 1. The van der Waals surface area contributed by atoms with E-state index in [9.17, 15) is 18.3 Å². The van der Waals surface area contributed by atoms with Gasteiger partial charge in [-0.1, -0.05) is 12.1 Å². The van der Waals surface area contributed by atoms with Crippen molar-refractivity contribution in [3.8, 4) is 0 Å². The van der Waals surface area contributed by atoms with Gasteiger partial charge < -0.3 is 10.0 Å². The maximum Gasteiger partial charge on any atom is 0.328 e. The maximum absolute atomic E-state index is 11.9. The van der Waals surface area contributed by atoms with Crippen LogP contribution < -0.4 is 9.62 Å². The minimum Gasteiger partial charge on any atom is -0.480 e. The summed E-state index contributed by atoms with van der Waals surface area (Å²) in [5, 5.41) is 9.22. The summed E-state index contributed by atoms with van der Waals surface area (Å²) >= 11 is 0. The van der Waals surface area contributed by atoms with Crippen LogP contribution in [0.2, 0.25) is 0 Å². The van der Waals surface area contributed by atoms with E-state index in [0.29, 0.717) is 5.69 Å². The van der Waals surface area contributed by atoms with Crippen molar-refractivity contribution in [2.75, 3.05) is 19.0 Å². The molecule has 2 N–H and O–H groups in total. The Kier molecular flexibility index (Phi) is 4.21. The highest BCUT2D eigenvalue weighted by Gasteiger charge is 2.34. The van der Waals surface area contributed by atoms with Gasteiger partial charge in [0.25, 0.3) is 0 Å². The van der Waals surface area contributed by atoms with Crippen molar-refractivity contribution >= 4 is 21.7 Å². The molecule has 19 heavy (non-hydrogen) atoms. The number of carbonyl (C=O) groups is 1. The van der Waals surface area contributed by atoms with Crippen molar-refractivity contribution in [1.82, 2.24) is 4.72 Å². The first kappa shape index (κ1) is 15.5. The van der Waals surface area contributed by atoms with Gasteiger partial charge in [-0.25, -0.2) is 17.9 Å². The van der Waals surface area contributed by atoms with Gasteiger partial charge in [0.05, 0.1) is 5.69 Å². The minimum absolute atomic E-state index is 0.0503. The van der Waals surface area contributed by atoms with E-state index in [1.807, 2.05) is 0 Å². The summed E-state index contributed by atoms with van der Waals surface area (Å²) in [6.07, 6.45) is 0. The molecule has 0 aromatic heterocycles. The number of aliphatic carboxylic acids is 1. The summed E-state index contributed by atoms with van der Waals surface area (Å²) in [6, 6.07) is 6.28. The topological polar surface area (TPSA) is 86.7 Å². The van der Waals surface area contributed by atoms with Gasteiger partial charge in [0.15, 0.2) is 0 Å². The van der Waals surface area contributed by atoms with Crippen molar-refractivity contribution in [3.63, 3.8) is 0 Å². The van der Waals surface area contributed by atoms with Crippen LogP contribution in [0.25, 0.3) is 0 Å². The van der Waals surface area contributed by atoms with Gasteiger partial charge in [0.1, 0.15) is 10.4 Å². The van der Waals surface area contributed by atoms with Gasteiger partial charge in [-0.2, -0.15) is 0 Å². The second-order valence-electron chi connectivity index (χ2n) is 4.60. The van der Waals surface area contributed by atoms with Crippen molar-refractivity contribution < 1.29 is 18.3 Å². The first-order chi connectivity index (χ1) is 8.64. The molecule has 0 bridgehead atoms. The lowest BCUT2D eigenvalue weighted by atomic mass is 10.0. The Morgan fingerprint density at radius 1 is 1.32 bits per heavy atom. The summed E-state index contributed by atoms with van der Waals surface area (Å²) in [4.78, 5) is 12.7. The smallest absolute Gasteiger partial charge is 0.328 e. The Bertz CT molecular complexity index is 581. The number of hydrogen-bond donors (Lipinski definition) is 2. The zero-order valence-corrected chi connectivity index (χ0v) is 12.2. The molecule has 0 aliphatic rings. The zero-order valence-electron chi connectivity index (χ0n) is 11.3. The first-order valence-corrected chi connectivity index (χ1v) is 7.12. The van der Waals surface area contributed by atoms with Gasteiger partial charge in [-0.15, -0.1) is 0 Å². The summed E-state index contributed by atoms with van der Waals surface area (Å²) < 4.78 is 26.1. The molecule has 0 fully saturated rings. The van der Waals surface area contributed by atoms with E-state index in [1.54, 1.807) is 25.2 Å². The number of anilines is 1. The van der Waals surface area contributed by atoms with Crippen LogP contribution in [0.3, 0.4) is 0 Å². The number of hydrogen-bond acceptors (Lipinski definition) is 4.